The van der Waals surface area contributed by atoms with Gasteiger partial charge in [0.1, 0.15) is 6.04 Å². The number of allylic oxidation sites excluding steroid dienone is 1. The molecular weight excluding hydrogens is 189 g/mol. The molecule has 0 aliphatic carbocycles. The lowest BCUT2D eigenvalue weighted by Gasteiger charge is -2.12. The first kappa shape index (κ1) is 12.1. The molecule has 1 unspecified atom stereocenters. The van der Waals surface area contributed by atoms with Crippen LogP contribution >= 0.6 is 9.24 Å². The van der Waals surface area contributed by atoms with Crippen molar-refractivity contribution in [2.45, 2.75) is 19.4 Å². The van der Waals surface area contributed by atoms with Crippen molar-refractivity contribution in [2.24, 2.45) is 0 Å². The number of hydrogen-bond donors (Lipinski definition) is 1. The van der Waals surface area contributed by atoms with E-state index in [9.17, 15) is 9.59 Å². The van der Waals surface area contributed by atoms with Crippen LogP contribution in [-0.2, 0) is 9.53 Å². The third-order valence-electron chi connectivity index (χ3n) is 1.41. The average molecular weight is 203 g/mol. The van der Waals surface area contributed by atoms with Crippen LogP contribution in [0, 0.1) is 0 Å². The van der Waals surface area contributed by atoms with E-state index >= 15 is 0 Å². The van der Waals surface area contributed by atoms with E-state index in [0.717, 1.165) is 0 Å². The van der Waals surface area contributed by atoms with E-state index in [-0.39, 0.29) is 5.65 Å². The molecule has 5 heteroatoms. The van der Waals surface area contributed by atoms with Crippen LogP contribution in [0.4, 0.5) is 4.79 Å². The Hall–Kier alpha value is -0.890. The minimum atomic E-state index is -0.591. The molecule has 0 saturated carbocycles. The first-order chi connectivity index (χ1) is 6.11. The second-order valence-electron chi connectivity index (χ2n) is 2.39. The summed E-state index contributed by atoms with van der Waals surface area (Å²) in [6.07, 6.45) is 4.05. The van der Waals surface area contributed by atoms with Crippen molar-refractivity contribution in [2.75, 3.05) is 7.11 Å². The first-order valence-electron chi connectivity index (χ1n) is 3.86. The van der Waals surface area contributed by atoms with Crippen molar-refractivity contribution >= 4 is 20.9 Å². The van der Waals surface area contributed by atoms with Gasteiger partial charge >= 0.3 is 5.97 Å². The molecule has 0 fully saturated rings. The summed E-state index contributed by atoms with van der Waals surface area (Å²) in [6.45, 7) is 1.84. The minimum absolute atomic E-state index is 0.320. The van der Waals surface area contributed by atoms with Gasteiger partial charge in [0, 0.05) is 0 Å². The summed E-state index contributed by atoms with van der Waals surface area (Å²) in [5, 5.41) is 2.46. The summed E-state index contributed by atoms with van der Waals surface area (Å²) in [5.74, 6) is -0.436. The zero-order valence-electron chi connectivity index (χ0n) is 7.74. The van der Waals surface area contributed by atoms with Crippen LogP contribution in [0.1, 0.15) is 13.3 Å². The van der Waals surface area contributed by atoms with Crippen molar-refractivity contribution in [3.05, 3.63) is 12.2 Å². The van der Waals surface area contributed by atoms with E-state index in [0.29, 0.717) is 6.42 Å². The molecule has 1 amide bonds. The predicted octanol–water partition coefficient (Wildman–Crippen LogP) is 1.08. The van der Waals surface area contributed by atoms with E-state index in [1.807, 2.05) is 22.2 Å². The molecule has 0 aromatic rings. The van der Waals surface area contributed by atoms with Gasteiger partial charge in [-0.2, -0.15) is 0 Å². The predicted molar refractivity (Wildman–Crippen MR) is 53.5 cm³/mol. The monoisotopic (exact) mass is 203 g/mol. The Kier molecular flexibility index (Phi) is 6.15. The third kappa shape index (κ3) is 5.36. The van der Waals surface area contributed by atoms with Gasteiger partial charge in [-0.15, -0.1) is 0 Å². The fraction of sp³-hybridized carbons (Fsp3) is 0.500. The largest absolute Gasteiger partial charge is 0.467 e. The van der Waals surface area contributed by atoms with E-state index in [1.165, 1.54) is 7.11 Å². The van der Waals surface area contributed by atoms with Crippen molar-refractivity contribution < 1.29 is 14.3 Å². The molecule has 0 aliphatic heterocycles. The summed E-state index contributed by atoms with van der Waals surface area (Å²) >= 11 is 0. The Morgan fingerprint density at radius 3 is 2.62 bits per heavy atom. The molecule has 0 heterocycles. The minimum Gasteiger partial charge on any atom is -0.467 e. The number of carbonyl (C=O) groups is 2. The van der Waals surface area contributed by atoms with Gasteiger partial charge in [0.15, 0.2) is 0 Å². The molecule has 13 heavy (non-hydrogen) atoms. The van der Waals surface area contributed by atoms with E-state index < -0.39 is 12.0 Å². The molecule has 0 bridgehead atoms. The number of amides is 1. The number of rotatable bonds is 4. The van der Waals surface area contributed by atoms with E-state index in [1.54, 1.807) is 6.08 Å². The molecule has 1 N–H and O–H groups in total. The highest BCUT2D eigenvalue weighted by atomic mass is 31.0. The normalized spacial score (nSPS) is 12.5. The number of carbonyl (C=O) groups excluding carboxylic acids is 2. The lowest BCUT2D eigenvalue weighted by Crippen LogP contribution is -2.38. The Balaban J connectivity index is 4.18. The Morgan fingerprint density at radius 2 is 2.23 bits per heavy atom. The van der Waals surface area contributed by atoms with Gasteiger partial charge in [0.25, 0.3) is 0 Å². The molecule has 0 saturated heterocycles. The fourth-order valence-corrected chi connectivity index (χ4v) is 1.00. The zero-order chi connectivity index (χ0) is 10.3. The summed E-state index contributed by atoms with van der Waals surface area (Å²) in [7, 11) is 3.24. The molecule has 0 aromatic heterocycles. The number of methoxy groups -OCH3 is 1. The van der Waals surface area contributed by atoms with E-state index in [4.69, 9.17) is 0 Å². The molecule has 74 valence electrons. The lowest BCUT2D eigenvalue weighted by atomic mass is 10.2. The highest BCUT2D eigenvalue weighted by Gasteiger charge is 2.17. The smallest absolute Gasteiger partial charge is 0.328 e. The number of ether oxygens (including phenoxy) is 1. The molecular formula is C8H14NO3P. The summed E-state index contributed by atoms with van der Waals surface area (Å²) < 4.78 is 4.51. The van der Waals surface area contributed by atoms with Crippen molar-refractivity contribution in [1.82, 2.24) is 5.32 Å². The molecule has 4 nitrogen and oxygen atoms in total. The molecule has 0 aromatic carbocycles. The van der Waals surface area contributed by atoms with Crippen LogP contribution in [0.5, 0.6) is 0 Å². The van der Waals surface area contributed by atoms with Gasteiger partial charge in [-0.3, -0.25) is 4.79 Å². The Labute approximate surface area is 79.9 Å². The van der Waals surface area contributed by atoms with E-state index in [2.05, 4.69) is 10.1 Å². The van der Waals surface area contributed by atoms with Crippen LogP contribution in [0.25, 0.3) is 0 Å². The summed E-state index contributed by atoms with van der Waals surface area (Å²) in [5.41, 5.74) is -0.320. The van der Waals surface area contributed by atoms with Gasteiger partial charge in [-0.1, -0.05) is 12.2 Å². The molecule has 0 radical (unpaired) electrons. The fourth-order valence-electron chi connectivity index (χ4n) is 0.800. The lowest BCUT2D eigenvalue weighted by molar-refractivity contribution is -0.142. The van der Waals surface area contributed by atoms with Gasteiger partial charge in [0.05, 0.1) is 7.11 Å². The van der Waals surface area contributed by atoms with Gasteiger partial charge < -0.3 is 10.1 Å². The average Bonchev–Trinajstić information content (AvgIpc) is 2.10. The number of nitrogens with one attached hydrogen (secondary N) is 1. The summed E-state index contributed by atoms with van der Waals surface area (Å²) in [6, 6.07) is -0.591. The molecule has 0 spiro atoms. The van der Waals surface area contributed by atoms with Crippen LogP contribution in [0.15, 0.2) is 12.2 Å². The Bertz CT molecular complexity index is 215. The first-order valence-corrected chi connectivity index (χ1v) is 4.44. The maximum Gasteiger partial charge on any atom is 0.328 e. The highest BCUT2D eigenvalue weighted by Crippen LogP contribution is 1.99. The third-order valence-corrected chi connectivity index (χ3v) is 1.58. The molecule has 0 rings (SSSR count). The number of esters is 1. The van der Waals surface area contributed by atoms with Gasteiger partial charge in [-0.25, -0.2) is 4.79 Å². The van der Waals surface area contributed by atoms with Crippen LogP contribution in [0.2, 0.25) is 0 Å². The van der Waals surface area contributed by atoms with Crippen molar-refractivity contribution in [3.8, 4) is 0 Å². The SMILES string of the molecule is CC=CC[C@H](NC(=O)P)C(=O)OC. The maximum absolute atomic E-state index is 11.1. The number of hydrogen-bond acceptors (Lipinski definition) is 3. The topological polar surface area (TPSA) is 55.4 Å². The zero-order valence-corrected chi connectivity index (χ0v) is 8.90. The Morgan fingerprint density at radius 1 is 1.62 bits per heavy atom. The second-order valence-corrected chi connectivity index (χ2v) is 2.91. The second kappa shape index (κ2) is 6.61. The molecule has 2 atom stereocenters. The van der Waals surface area contributed by atoms with Crippen LogP contribution < -0.4 is 5.32 Å². The van der Waals surface area contributed by atoms with Crippen LogP contribution in [0.3, 0.4) is 0 Å². The molecule has 0 aliphatic rings. The highest BCUT2D eigenvalue weighted by molar-refractivity contribution is 7.39. The maximum atomic E-state index is 11.1. The van der Waals surface area contributed by atoms with Crippen molar-refractivity contribution in [1.29, 1.82) is 0 Å². The standard InChI is InChI=1S/C8H14NO3P/c1-3-4-5-6(7(10)12-2)9-8(11)13/h3-4,6H,5,13H2,1-2H3,(H,9,11)/t6-/m0/s1. The van der Waals surface area contributed by atoms with Crippen molar-refractivity contribution in [3.63, 3.8) is 0 Å². The van der Waals surface area contributed by atoms with Crippen LogP contribution in [-0.4, -0.2) is 24.8 Å². The quantitative estimate of drug-likeness (QED) is 0.422. The van der Waals surface area contributed by atoms with Gasteiger partial charge in [-0.05, 0) is 22.6 Å². The van der Waals surface area contributed by atoms with Gasteiger partial charge in [0.2, 0.25) is 5.65 Å². The summed E-state index contributed by atoms with van der Waals surface area (Å²) in [4.78, 5) is 21.7.